The van der Waals surface area contributed by atoms with Gasteiger partial charge in [-0.05, 0) is 37.3 Å². The molecule has 0 bridgehead atoms. The highest BCUT2D eigenvalue weighted by molar-refractivity contribution is 5.83. The monoisotopic (exact) mass is 260 g/mol. The number of ether oxygens (including phenoxy) is 1. The number of hydrogen-bond acceptors (Lipinski definition) is 3. The molecule has 1 aromatic carbocycles. The van der Waals surface area contributed by atoms with Crippen LogP contribution < -0.4 is 0 Å². The Morgan fingerprint density at radius 1 is 1.37 bits per heavy atom. The number of ketones is 1. The molecule has 1 fully saturated rings. The summed E-state index contributed by atoms with van der Waals surface area (Å²) in [5, 5.41) is 0. The normalized spacial score (nSPS) is 20.3. The molecule has 102 valence electrons. The molecule has 19 heavy (non-hydrogen) atoms. The second-order valence-corrected chi connectivity index (χ2v) is 5.25. The molecule has 1 aromatic rings. The number of benzene rings is 1. The fourth-order valence-electron chi connectivity index (χ4n) is 2.63. The Bertz CT molecular complexity index is 461. The van der Waals surface area contributed by atoms with Crippen molar-refractivity contribution < 1.29 is 14.3 Å². The fourth-order valence-corrected chi connectivity index (χ4v) is 2.63. The van der Waals surface area contributed by atoms with Gasteiger partial charge in [0.1, 0.15) is 11.9 Å². The van der Waals surface area contributed by atoms with Crippen molar-refractivity contribution in [1.82, 2.24) is 0 Å². The van der Waals surface area contributed by atoms with Crippen molar-refractivity contribution in [3.8, 4) is 0 Å². The van der Waals surface area contributed by atoms with Gasteiger partial charge in [-0.25, -0.2) is 0 Å². The van der Waals surface area contributed by atoms with E-state index in [4.69, 9.17) is 4.74 Å². The van der Waals surface area contributed by atoms with E-state index in [1.807, 2.05) is 31.2 Å². The number of esters is 1. The average Bonchev–Trinajstić information content (AvgIpc) is 2.75. The zero-order valence-electron chi connectivity index (χ0n) is 11.5. The van der Waals surface area contributed by atoms with E-state index in [0.29, 0.717) is 5.78 Å². The lowest BCUT2D eigenvalue weighted by Crippen LogP contribution is -2.09. The third-order valence-electron chi connectivity index (χ3n) is 3.71. The van der Waals surface area contributed by atoms with Crippen molar-refractivity contribution >= 4 is 11.8 Å². The van der Waals surface area contributed by atoms with Crippen LogP contribution in [0.4, 0.5) is 0 Å². The molecule has 0 heterocycles. The van der Waals surface area contributed by atoms with Crippen molar-refractivity contribution in [3.63, 3.8) is 0 Å². The minimum atomic E-state index is -0.270. The molecule has 1 saturated carbocycles. The first-order valence-electron chi connectivity index (χ1n) is 6.85. The molecule has 3 nitrogen and oxygen atoms in total. The highest BCUT2D eigenvalue weighted by atomic mass is 16.5. The van der Waals surface area contributed by atoms with Crippen LogP contribution in [0.25, 0.3) is 0 Å². The van der Waals surface area contributed by atoms with Crippen LogP contribution >= 0.6 is 0 Å². The topological polar surface area (TPSA) is 43.4 Å². The zero-order valence-corrected chi connectivity index (χ0v) is 11.5. The molecule has 0 N–H and O–H groups in total. The van der Waals surface area contributed by atoms with Gasteiger partial charge in [-0.1, -0.05) is 24.3 Å². The van der Waals surface area contributed by atoms with E-state index in [2.05, 4.69) is 0 Å². The van der Waals surface area contributed by atoms with E-state index in [-0.39, 0.29) is 18.0 Å². The van der Waals surface area contributed by atoms with Gasteiger partial charge in [-0.15, -0.1) is 0 Å². The lowest BCUT2D eigenvalue weighted by molar-refractivity contribution is -0.145. The molecule has 0 saturated heterocycles. The van der Waals surface area contributed by atoms with Crippen molar-refractivity contribution in [1.29, 1.82) is 0 Å². The molecule has 0 aromatic heterocycles. The van der Waals surface area contributed by atoms with Crippen LogP contribution in [-0.4, -0.2) is 11.8 Å². The van der Waals surface area contributed by atoms with Crippen LogP contribution in [-0.2, 0) is 20.7 Å². The molecule has 2 unspecified atom stereocenters. The van der Waals surface area contributed by atoms with Gasteiger partial charge in [0, 0.05) is 19.3 Å². The van der Waals surface area contributed by atoms with Gasteiger partial charge in [0.15, 0.2) is 0 Å². The van der Waals surface area contributed by atoms with Crippen LogP contribution in [0.15, 0.2) is 24.3 Å². The van der Waals surface area contributed by atoms with Gasteiger partial charge in [0.2, 0.25) is 0 Å². The van der Waals surface area contributed by atoms with Crippen molar-refractivity contribution in [2.24, 2.45) is 5.92 Å². The minimum absolute atomic E-state index is 0.205. The van der Waals surface area contributed by atoms with E-state index in [1.165, 1.54) is 12.5 Å². The van der Waals surface area contributed by atoms with Crippen molar-refractivity contribution in [2.75, 3.05) is 0 Å². The van der Waals surface area contributed by atoms with E-state index >= 15 is 0 Å². The summed E-state index contributed by atoms with van der Waals surface area (Å²) in [5.41, 5.74) is 2.16. The number of Topliss-reactive ketones (excluding diaryl/α,β-unsaturated/α-hetero) is 1. The van der Waals surface area contributed by atoms with Gasteiger partial charge in [0.05, 0.1) is 0 Å². The van der Waals surface area contributed by atoms with Crippen molar-refractivity contribution in [2.45, 2.75) is 45.6 Å². The molecule has 0 radical (unpaired) electrons. The largest absolute Gasteiger partial charge is 0.458 e. The summed E-state index contributed by atoms with van der Waals surface area (Å²) in [5.74, 6) is 0.335. The maximum atomic E-state index is 11.6. The standard InChI is InChI=1S/C16H20O3/c1-11(19-12(2)17)14-8-6-13(7-9-14)10-15-4-3-5-16(15)18/h6-9,11,15H,3-5,10H2,1-2H3. The molecule has 3 heteroatoms. The maximum absolute atomic E-state index is 11.6. The van der Waals surface area contributed by atoms with E-state index in [0.717, 1.165) is 31.2 Å². The van der Waals surface area contributed by atoms with Crippen LogP contribution in [0.3, 0.4) is 0 Å². The first-order chi connectivity index (χ1) is 9.06. The molecule has 1 aliphatic carbocycles. The van der Waals surface area contributed by atoms with E-state index in [9.17, 15) is 9.59 Å². The molecule has 0 amide bonds. The van der Waals surface area contributed by atoms with Gasteiger partial charge in [-0.2, -0.15) is 0 Å². The first-order valence-corrected chi connectivity index (χ1v) is 6.85. The zero-order chi connectivity index (χ0) is 13.8. The summed E-state index contributed by atoms with van der Waals surface area (Å²) >= 11 is 0. The summed E-state index contributed by atoms with van der Waals surface area (Å²) in [6, 6.07) is 8.01. The summed E-state index contributed by atoms with van der Waals surface area (Å²) in [6.45, 7) is 3.27. The predicted molar refractivity (Wildman–Crippen MR) is 72.7 cm³/mol. The number of hydrogen-bond donors (Lipinski definition) is 0. The Kier molecular flexibility index (Phi) is 4.35. The molecule has 2 rings (SSSR count). The van der Waals surface area contributed by atoms with E-state index < -0.39 is 0 Å². The number of carbonyl (C=O) groups excluding carboxylic acids is 2. The fraction of sp³-hybridized carbons (Fsp3) is 0.500. The maximum Gasteiger partial charge on any atom is 0.303 e. The Hall–Kier alpha value is -1.64. The van der Waals surface area contributed by atoms with Gasteiger partial charge < -0.3 is 4.74 Å². The summed E-state index contributed by atoms with van der Waals surface area (Å²) < 4.78 is 5.13. The molecule has 0 spiro atoms. The molecular formula is C16H20O3. The smallest absolute Gasteiger partial charge is 0.303 e. The third-order valence-corrected chi connectivity index (χ3v) is 3.71. The van der Waals surface area contributed by atoms with Crippen molar-refractivity contribution in [3.05, 3.63) is 35.4 Å². The van der Waals surface area contributed by atoms with Gasteiger partial charge >= 0.3 is 5.97 Å². The molecule has 2 atom stereocenters. The highest BCUT2D eigenvalue weighted by Gasteiger charge is 2.24. The third kappa shape index (κ3) is 3.66. The molecule has 1 aliphatic rings. The quantitative estimate of drug-likeness (QED) is 0.781. The summed E-state index contributed by atoms with van der Waals surface area (Å²) in [6.07, 6.45) is 3.41. The predicted octanol–water partition coefficient (Wildman–Crippen LogP) is 3.22. The Labute approximate surface area is 114 Å². The molecule has 0 aliphatic heterocycles. The highest BCUT2D eigenvalue weighted by Crippen LogP contribution is 2.26. The Morgan fingerprint density at radius 2 is 2.05 bits per heavy atom. The SMILES string of the molecule is CC(=O)OC(C)c1ccc(CC2CCCC2=O)cc1. The Morgan fingerprint density at radius 3 is 2.58 bits per heavy atom. The lowest BCUT2D eigenvalue weighted by Gasteiger charge is -2.13. The average molecular weight is 260 g/mol. The lowest BCUT2D eigenvalue weighted by atomic mass is 9.96. The van der Waals surface area contributed by atoms with Crippen LogP contribution in [0.2, 0.25) is 0 Å². The van der Waals surface area contributed by atoms with Gasteiger partial charge in [0.25, 0.3) is 0 Å². The van der Waals surface area contributed by atoms with E-state index in [1.54, 1.807) is 0 Å². The first kappa shape index (κ1) is 13.8. The molecular weight excluding hydrogens is 240 g/mol. The number of carbonyl (C=O) groups is 2. The van der Waals surface area contributed by atoms with Crippen LogP contribution in [0.1, 0.15) is 50.3 Å². The van der Waals surface area contributed by atoms with Crippen LogP contribution in [0, 0.1) is 5.92 Å². The second kappa shape index (κ2) is 6.00. The summed E-state index contributed by atoms with van der Waals surface area (Å²) in [7, 11) is 0. The second-order valence-electron chi connectivity index (χ2n) is 5.25. The number of rotatable bonds is 4. The summed E-state index contributed by atoms with van der Waals surface area (Å²) in [4.78, 5) is 22.5. The van der Waals surface area contributed by atoms with Crippen LogP contribution in [0.5, 0.6) is 0 Å². The minimum Gasteiger partial charge on any atom is -0.458 e. The van der Waals surface area contributed by atoms with Gasteiger partial charge in [-0.3, -0.25) is 9.59 Å². The Balaban J connectivity index is 1.98.